The number of ether oxygens (including phenoxy) is 1. The average molecular weight is 636 g/mol. The zero-order valence-corrected chi connectivity index (χ0v) is 28.4. The van der Waals surface area contributed by atoms with Crippen molar-refractivity contribution in [2.24, 2.45) is 11.3 Å². The lowest BCUT2D eigenvalue weighted by Crippen LogP contribution is -2.54. The highest BCUT2D eigenvalue weighted by Crippen LogP contribution is 2.59. The van der Waals surface area contributed by atoms with Gasteiger partial charge in [-0.25, -0.2) is 4.79 Å². The SMILES string of the molecule is CCOC(=O)N(CCc1cccs1)CC1(O)CCC2c3ccc(cc3C(=O)C3CCCCC3)CC(O)CCC(C)=CCCC21C. The molecule has 1 aromatic carbocycles. The number of hydrogen-bond donors (Lipinski definition) is 2. The van der Waals surface area contributed by atoms with Gasteiger partial charge >= 0.3 is 6.09 Å². The summed E-state index contributed by atoms with van der Waals surface area (Å²) in [5.74, 6) is 0.220. The van der Waals surface area contributed by atoms with Crippen molar-refractivity contribution >= 4 is 23.2 Å². The first-order valence-electron chi connectivity index (χ1n) is 17.3. The summed E-state index contributed by atoms with van der Waals surface area (Å²) in [5.41, 5.74) is 2.33. The standard InChI is InChI=1S/C38H53NO5S/c1-4-44-36(42)39(22-19-31-13-9-23-45-31)26-38(43)21-18-34-32-17-15-28(25-33(32)35(41)29-11-6-5-7-12-29)24-30(40)16-14-27(2)10-8-20-37(34,38)3/h9-10,13,15,17,23,25,29-30,34,40,43H,4-8,11-12,14,16,18-22,24,26H2,1-3H3. The molecule has 0 aliphatic heterocycles. The smallest absolute Gasteiger partial charge is 0.409 e. The van der Waals surface area contributed by atoms with Crippen LogP contribution in [0.1, 0.15) is 124 Å². The van der Waals surface area contributed by atoms with Gasteiger partial charge in [-0.1, -0.05) is 56.0 Å². The van der Waals surface area contributed by atoms with Crippen molar-refractivity contribution in [3.63, 3.8) is 0 Å². The van der Waals surface area contributed by atoms with Crippen LogP contribution in [-0.4, -0.2) is 58.4 Å². The van der Waals surface area contributed by atoms with E-state index < -0.39 is 17.1 Å². The number of carbonyl (C=O) groups excluding carboxylic acids is 2. The van der Waals surface area contributed by atoms with Crippen LogP contribution in [0.15, 0.2) is 47.4 Å². The first-order valence-corrected chi connectivity index (χ1v) is 18.2. The predicted molar refractivity (Wildman–Crippen MR) is 181 cm³/mol. The molecule has 2 aromatic rings. The van der Waals surface area contributed by atoms with Crippen molar-refractivity contribution in [3.8, 4) is 0 Å². The molecule has 4 aliphatic carbocycles. The molecule has 6 rings (SSSR count). The Balaban J connectivity index is 1.53. The molecule has 0 saturated heterocycles. The highest BCUT2D eigenvalue weighted by Gasteiger charge is 2.57. The molecule has 0 spiro atoms. The van der Waals surface area contributed by atoms with Crippen molar-refractivity contribution in [1.82, 2.24) is 4.90 Å². The summed E-state index contributed by atoms with van der Waals surface area (Å²) in [6.07, 6.45) is 12.2. The van der Waals surface area contributed by atoms with Crippen LogP contribution in [0.2, 0.25) is 0 Å². The number of allylic oxidation sites excluding steroid dienone is 2. The second kappa shape index (κ2) is 15.0. The van der Waals surface area contributed by atoms with E-state index in [1.807, 2.05) is 18.4 Å². The molecule has 1 heterocycles. The van der Waals surface area contributed by atoms with Gasteiger partial charge in [0.2, 0.25) is 0 Å². The minimum Gasteiger partial charge on any atom is -0.450 e. The summed E-state index contributed by atoms with van der Waals surface area (Å²) < 4.78 is 5.50. The molecule has 4 unspecified atom stereocenters. The molecule has 2 saturated carbocycles. The van der Waals surface area contributed by atoms with E-state index in [4.69, 9.17) is 4.74 Å². The van der Waals surface area contributed by atoms with Crippen molar-refractivity contribution in [2.45, 2.75) is 122 Å². The lowest BCUT2D eigenvalue weighted by Gasteiger charge is -2.46. The van der Waals surface area contributed by atoms with Gasteiger partial charge in [-0.3, -0.25) is 4.79 Å². The van der Waals surface area contributed by atoms with Gasteiger partial charge in [0, 0.05) is 28.3 Å². The molecule has 1 amide bonds. The summed E-state index contributed by atoms with van der Waals surface area (Å²) in [7, 11) is 0. The Morgan fingerprint density at radius 1 is 1.09 bits per heavy atom. The molecule has 45 heavy (non-hydrogen) atoms. The normalized spacial score (nSPS) is 27.8. The highest BCUT2D eigenvalue weighted by atomic mass is 32.1. The molecular weight excluding hydrogens is 582 g/mol. The zero-order valence-electron chi connectivity index (χ0n) is 27.6. The Morgan fingerprint density at radius 3 is 2.62 bits per heavy atom. The molecule has 2 N–H and O–H groups in total. The van der Waals surface area contributed by atoms with Gasteiger partial charge in [0.1, 0.15) is 0 Å². The highest BCUT2D eigenvalue weighted by molar-refractivity contribution is 7.09. The number of carbonyl (C=O) groups is 2. The predicted octanol–water partition coefficient (Wildman–Crippen LogP) is 8.25. The molecule has 4 atom stereocenters. The fraction of sp³-hybridized carbons (Fsp3) is 0.632. The number of nitrogens with zero attached hydrogens (tertiary/aromatic N) is 1. The third-order valence-electron chi connectivity index (χ3n) is 11.1. The Bertz CT molecular complexity index is 1330. The lowest BCUT2D eigenvalue weighted by molar-refractivity contribution is -0.0807. The zero-order chi connectivity index (χ0) is 32.0. The quantitative estimate of drug-likeness (QED) is 0.225. The molecule has 0 radical (unpaired) electrons. The van der Waals surface area contributed by atoms with E-state index in [0.717, 1.165) is 68.1 Å². The van der Waals surface area contributed by atoms with E-state index in [0.29, 0.717) is 32.2 Å². The van der Waals surface area contributed by atoms with Crippen LogP contribution in [0.3, 0.4) is 0 Å². The fourth-order valence-corrected chi connectivity index (χ4v) is 8.96. The summed E-state index contributed by atoms with van der Waals surface area (Å²) >= 11 is 1.67. The van der Waals surface area contributed by atoms with Crippen LogP contribution >= 0.6 is 11.3 Å². The first-order chi connectivity index (χ1) is 21.6. The number of rotatable bonds is 8. The van der Waals surface area contributed by atoms with Gasteiger partial charge in [0.15, 0.2) is 5.78 Å². The van der Waals surface area contributed by atoms with Gasteiger partial charge in [-0.2, -0.15) is 0 Å². The number of ketones is 1. The van der Waals surface area contributed by atoms with Gasteiger partial charge < -0.3 is 19.8 Å². The number of fused-ring (bicyclic) bond motifs is 8. The Kier molecular flexibility index (Phi) is 11.3. The van der Waals surface area contributed by atoms with Crippen LogP contribution in [0, 0.1) is 11.3 Å². The van der Waals surface area contributed by atoms with Gasteiger partial charge in [0.05, 0.1) is 24.9 Å². The van der Waals surface area contributed by atoms with Crippen LogP contribution in [0.4, 0.5) is 4.79 Å². The van der Waals surface area contributed by atoms with Crippen molar-refractivity contribution in [2.75, 3.05) is 19.7 Å². The Labute approximate surface area is 273 Å². The third kappa shape index (κ3) is 7.74. The number of amides is 1. The van der Waals surface area contributed by atoms with Crippen LogP contribution in [-0.2, 0) is 17.6 Å². The maximum atomic E-state index is 14.3. The van der Waals surface area contributed by atoms with E-state index in [1.54, 1.807) is 16.2 Å². The van der Waals surface area contributed by atoms with Crippen molar-refractivity contribution < 1.29 is 24.5 Å². The first kappa shape index (κ1) is 33.9. The molecule has 2 bridgehead atoms. The summed E-state index contributed by atoms with van der Waals surface area (Å²) in [6.45, 7) is 7.09. The second-order valence-corrected chi connectivity index (χ2v) is 15.1. The molecule has 4 aliphatic rings. The minimum absolute atomic E-state index is 0.0326. The monoisotopic (exact) mass is 635 g/mol. The maximum Gasteiger partial charge on any atom is 0.409 e. The van der Waals surface area contributed by atoms with E-state index in [-0.39, 0.29) is 36.9 Å². The molecule has 6 nitrogen and oxygen atoms in total. The van der Waals surface area contributed by atoms with Crippen molar-refractivity contribution in [1.29, 1.82) is 0 Å². The molecule has 1 aromatic heterocycles. The minimum atomic E-state index is -1.15. The molecule has 246 valence electrons. The number of Topliss-reactive ketones (excluding diaryl/α,β-unsaturated/α-hetero) is 1. The lowest BCUT2D eigenvalue weighted by atomic mass is 9.64. The number of aliphatic hydroxyl groups excluding tert-OH is 1. The topological polar surface area (TPSA) is 87.1 Å². The Hall–Kier alpha value is -2.48. The number of benzene rings is 1. The second-order valence-electron chi connectivity index (χ2n) is 14.1. The fourth-order valence-electron chi connectivity index (χ4n) is 8.26. The largest absolute Gasteiger partial charge is 0.450 e. The summed E-state index contributed by atoms with van der Waals surface area (Å²) in [4.78, 5) is 30.4. The van der Waals surface area contributed by atoms with Gasteiger partial charge in [-0.05, 0) is 113 Å². The number of thiophene rings is 1. The number of hydrogen-bond acceptors (Lipinski definition) is 6. The van der Waals surface area contributed by atoms with E-state index in [2.05, 4.69) is 44.2 Å². The molecule has 2 fully saturated rings. The van der Waals surface area contributed by atoms with Crippen LogP contribution < -0.4 is 0 Å². The average Bonchev–Trinajstić information content (AvgIpc) is 3.64. The van der Waals surface area contributed by atoms with Crippen LogP contribution in [0.25, 0.3) is 0 Å². The van der Waals surface area contributed by atoms with Crippen LogP contribution in [0.5, 0.6) is 0 Å². The van der Waals surface area contributed by atoms with Gasteiger partial charge in [-0.15, -0.1) is 11.3 Å². The summed E-state index contributed by atoms with van der Waals surface area (Å²) in [6, 6.07) is 10.4. The summed E-state index contributed by atoms with van der Waals surface area (Å²) in [5, 5.41) is 25.7. The van der Waals surface area contributed by atoms with E-state index in [9.17, 15) is 19.8 Å². The van der Waals surface area contributed by atoms with Gasteiger partial charge in [0.25, 0.3) is 0 Å². The van der Waals surface area contributed by atoms with E-state index in [1.165, 1.54) is 16.9 Å². The molecule has 7 heteroatoms. The maximum absolute atomic E-state index is 14.3. The number of aliphatic hydroxyl groups is 2. The third-order valence-corrected chi connectivity index (χ3v) is 12.0. The van der Waals surface area contributed by atoms with E-state index >= 15 is 0 Å². The van der Waals surface area contributed by atoms with Crippen molar-refractivity contribution in [3.05, 3.63) is 68.9 Å². The molecular formula is C38H53NO5S. The Morgan fingerprint density at radius 2 is 1.89 bits per heavy atom.